The van der Waals surface area contributed by atoms with Crippen LogP contribution >= 0.6 is 0 Å². The molecular weight excluding hydrogens is 513 g/mol. The summed E-state index contributed by atoms with van der Waals surface area (Å²) in [6.45, 7) is 8.79. The van der Waals surface area contributed by atoms with Gasteiger partial charge < -0.3 is 25.6 Å². The fraction of sp³-hybridized carbons (Fsp3) is 0.241. The Hall–Kier alpha value is -4.61. The number of amides is 1. The van der Waals surface area contributed by atoms with Gasteiger partial charge >= 0.3 is 0 Å². The van der Waals surface area contributed by atoms with Crippen LogP contribution in [0.5, 0.6) is 0 Å². The number of hydrogen-bond donors (Lipinski definition) is 4. The van der Waals surface area contributed by atoms with Crippen LogP contribution in [-0.2, 0) is 4.79 Å². The minimum absolute atomic E-state index is 0.114. The Morgan fingerprint density at radius 2 is 1.98 bits per heavy atom. The van der Waals surface area contributed by atoms with Gasteiger partial charge in [0.15, 0.2) is 0 Å². The van der Waals surface area contributed by atoms with E-state index in [2.05, 4.69) is 37.1 Å². The van der Waals surface area contributed by atoms with Gasteiger partial charge in [-0.2, -0.15) is 0 Å². The summed E-state index contributed by atoms with van der Waals surface area (Å²) in [5, 5.41) is 14.9. The number of aromatic nitrogens is 3. The molecule has 206 valence electrons. The zero-order valence-corrected chi connectivity index (χ0v) is 22.1. The van der Waals surface area contributed by atoms with Gasteiger partial charge in [-0.1, -0.05) is 18.7 Å². The number of aliphatic hydroxyl groups is 1. The number of nitrogens with one attached hydrogen (secondary N) is 3. The number of benzene rings is 2. The van der Waals surface area contributed by atoms with Crippen LogP contribution in [0.4, 0.5) is 27.4 Å². The van der Waals surface area contributed by atoms with E-state index in [1.165, 1.54) is 18.3 Å². The fourth-order valence-corrected chi connectivity index (χ4v) is 4.85. The van der Waals surface area contributed by atoms with Crippen LogP contribution in [0.15, 0.2) is 66.1 Å². The molecule has 2 aromatic carbocycles. The number of hydrogen-bond acceptors (Lipinski definition) is 8. The Morgan fingerprint density at radius 1 is 1.18 bits per heavy atom. The lowest BCUT2D eigenvalue weighted by Gasteiger charge is -2.36. The van der Waals surface area contributed by atoms with Gasteiger partial charge in [-0.15, -0.1) is 0 Å². The molecule has 1 saturated heterocycles. The molecule has 4 N–H and O–H groups in total. The molecule has 2 aromatic heterocycles. The van der Waals surface area contributed by atoms with E-state index in [1.54, 1.807) is 37.3 Å². The summed E-state index contributed by atoms with van der Waals surface area (Å²) in [6.07, 6.45) is 2.69. The van der Waals surface area contributed by atoms with Crippen molar-refractivity contribution in [2.75, 3.05) is 54.9 Å². The summed E-state index contributed by atoms with van der Waals surface area (Å²) in [6, 6.07) is 12.0. The number of rotatable bonds is 8. The lowest BCUT2D eigenvalue weighted by Crippen LogP contribution is -2.47. The molecule has 0 aliphatic carbocycles. The number of carbonyl (C=O) groups is 1. The molecule has 1 aliphatic rings. The zero-order valence-electron chi connectivity index (χ0n) is 22.1. The van der Waals surface area contributed by atoms with Crippen LogP contribution in [0, 0.1) is 12.7 Å². The third-order valence-electron chi connectivity index (χ3n) is 6.93. The predicted molar refractivity (Wildman–Crippen MR) is 155 cm³/mol. The van der Waals surface area contributed by atoms with Crippen LogP contribution in [0.25, 0.3) is 22.2 Å². The quantitative estimate of drug-likeness (QED) is 0.249. The Bertz CT molecular complexity index is 1630. The largest absolute Gasteiger partial charge is 0.395 e. The van der Waals surface area contributed by atoms with Crippen LogP contribution in [0.3, 0.4) is 0 Å². The third kappa shape index (κ3) is 5.70. The van der Waals surface area contributed by atoms with Crippen molar-refractivity contribution in [3.05, 3.63) is 83.1 Å². The Morgan fingerprint density at radius 3 is 2.70 bits per heavy atom. The summed E-state index contributed by atoms with van der Waals surface area (Å²) < 4.78 is 15.1. The molecule has 4 aromatic rings. The minimum atomic E-state index is -0.361. The number of carbonyl (C=O) groups excluding carboxylic acids is 1. The van der Waals surface area contributed by atoms with Crippen molar-refractivity contribution in [1.29, 1.82) is 0 Å². The summed E-state index contributed by atoms with van der Waals surface area (Å²) in [7, 11) is 0. The Kier molecular flexibility index (Phi) is 7.85. The standard InChI is InChI=1S/C29H30FN7O3/c1-3-25(39)32-20-6-4-5-19(15-20)26-18(2)28(40)34-23-17-31-29(35-27(23)26)33-21-7-8-24(22(30)16-21)37-11-9-36(10-12-37)13-14-38/h3-8,15-17,38H,1,9-14H2,2H3,(H,32,39)(H,34,40)(H,31,33,35). The molecule has 1 aliphatic heterocycles. The van der Waals surface area contributed by atoms with E-state index in [4.69, 9.17) is 5.11 Å². The van der Waals surface area contributed by atoms with Gasteiger partial charge in [-0.25, -0.2) is 14.4 Å². The van der Waals surface area contributed by atoms with Crippen molar-refractivity contribution in [1.82, 2.24) is 19.9 Å². The van der Waals surface area contributed by atoms with E-state index >= 15 is 4.39 Å². The molecular formula is C29H30FN7O3. The van der Waals surface area contributed by atoms with Gasteiger partial charge in [-0.3, -0.25) is 14.5 Å². The van der Waals surface area contributed by atoms with Gasteiger partial charge in [0.1, 0.15) is 11.3 Å². The number of β-amino-alcohol motifs (C(OH)–C–C–N with tert-alkyl or cyclic N) is 1. The smallest absolute Gasteiger partial charge is 0.252 e. The van der Waals surface area contributed by atoms with Crippen molar-refractivity contribution in [2.24, 2.45) is 0 Å². The number of halogens is 1. The van der Waals surface area contributed by atoms with Crippen molar-refractivity contribution in [2.45, 2.75) is 6.92 Å². The predicted octanol–water partition coefficient (Wildman–Crippen LogP) is 3.42. The maximum atomic E-state index is 15.1. The number of nitrogens with zero attached hydrogens (tertiary/aromatic N) is 4. The summed E-state index contributed by atoms with van der Waals surface area (Å²) in [4.78, 5) is 40.4. The Balaban J connectivity index is 1.43. The van der Waals surface area contributed by atoms with Gasteiger partial charge in [0.2, 0.25) is 11.9 Å². The highest BCUT2D eigenvalue weighted by molar-refractivity contribution is 6.00. The van der Waals surface area contributed by atoms with Crippen LogP contribution in [-0.4, -0.2) is 70.2 Å². The highest BCUT2D eigenvalue weighted by Gasteiger charge is 2.20. The molecule has 1 fully saturated rings. The lowest BCUT2D eigenvalue weighted by molar-refractivity contribution is -0.111. The molecule has 11 heteroatoms. The highest BCUT2D eigenvalue weighted by Crippen LogP contribution is 2.31. The number of aliphatic hydroxyl groups excluding tert-OH is 1. The van der Waals surface area contributed by atoms with Gasteiger partial charge in [-0.05, 0) is 48.9 Å². The van der Waals surface area contributed by atoms with E-state index in [0.717, 1.165) is 13.1 Å². The van der Waals surface area contributed by atoms with Gasteiger partial charge in [0, 0.05) is 55.2 Å². The monoisotopic (exact) mass is 543 g/mol. The molecule has 0 radical (unpaired) electrons. The number of anilines is 4. The molecule has 0 atom stereocenters. The zero-order chi connectivity index (χ0) is 28.2. The maximum absolute atomic E-state index is 15.1. The van der Waals surface area contributed by atoms with Crippen LogP contribution in [0.2, 0.25) is 0 Å². The Labute approximate surface area is 230 Å². The molecule has 3 heterocycles. The molecule has 40 heavy (non-hydrogen) atoms. The van der Waals surface area contributed by atoms with Gasteiger partial charge in [0.05, 0.1) is 24.0 Å². The van der Waals surface area contributed by atoms with Gasteiger partial charge in [0.25, 0.3) is 5.56 Å². The van der Waals surface area contributed by atoms with Crippen molar-refractivity contribution < 1.29 is 14.3 Å². The van der Waals surface area contributed by atoms with Crippen molar-refractivity contribution in [3.63, 3.8) is 0 Å². The van der Waals surface area contributed by atoms with Crippen LogP contribution in [0.1, 0.15) is 5.56 Å². The third-order valence-corrected chi connectivity index (χ3v) is 6.93. The minimum Gasteiger partial charge on any atom is -0.395 e. The summed E-state index contributed by atoms with van der Waals surface area (Å²) in [5.74, 6) is -0.470. The molecule has 1 amide bonds. The first-order chi connectivity index (χ1) is 19.4. The number of fused-ring (bicyclic) bond motifs is 1. The van der Waals surface area contributed by atoms with Crippen LogP contribution < -0.4 is 21.1 Å². The molecule has 0 saturated carbocycles. The van der Waals surface area contributed by atoms with E-state index < -0.39 is 0 Å². The number of piperazine rings is 1. The lowest BCUT2D eigenvalue weighted by atomic mass is 10.00. The van der Waals surface area contributed by atoms with E-state index in [-0.39, 0.29) is 29.8 Å². The summed E-state index contributed by atoms with van der Waals surface area (Å²) in [5.41, 5.74) is 3.96. The van der Waals surface area contributed by atoms with Crippen molar-refractivity contribution >= 4 is 40.0 Å². The number of H-pyrrole nitrogens is 1. The molecule has 5 rings (SSSR count). The average Bonchev–Trinajstić information content (AvgIpc) is 2.95. The van der Waals surface area contributed by atoms with E-state index in [1.807, 2.05) is 11.0 Å². The topological polar surface area (TPSA) is 126 Å². The normalized spacial score (nSPS) is 13.8. The highest BCUT2D eigenvalue weighted by atomic mass is 19.1. The molecule has 0 unspecified atom stereocenters. The second kappa shape index (κ2) is 11.6. The average molecular weight is 544 g/mol. The molecule has 0 spiro atoms. The molecule has 0 bridgehead atoms. The van der Waals surface area contributed by atoms with E-state index in [9.17, 15) is 9.59 Å². The second-order valence-corrected chi connectivity index (χ2v) is 9.53. The first-order valence-corrected chi connectivity index (χ1v) is 12.9. The number of pyridine rings is 1. The van der Waals surface area contributed by atoms with Crippen molar-refractivity contribution in [3.8, 4) is 11.1 Å². The fourth-order valence-electron chi connectivity index (χ4n) is 4.85. The number of aromatic amines is 1. The SMILES string of the molecule is C=CC(=O)Nc1cccc(-c2c(C)c(=O)[nH]c3cnc(Nc4ccc(N5CCN(CCO)CC5)c(F)c4)nc23)c1. The maximum Gasteiger partial charge on any atom is 0.252 e. The summed E-state index contributed by atoms with van der Waals surface area (Å²) >= 11 is 0. The second-order valence-electron chi connectivity index (χ2n) is 9.53. The van der Waals surface area contributed by atoms with E-state index in [0.29, 0.717) is 64.4 Å². The molecule has 10 nitrogen and oxygen atoms in total. The first kappa shape index (κ1) is 27.0. The first-order valence-electron chi connectivity index (χ1n) is 12.9.